The number of hydrogen-bond donors (Lipinski definition) is 1. The van der Waals surface area contributed by atoms with Gasteiger partial charge >= 0.3 is 6.03 Å². The molecule has 0 aliphatic rings. The molecule has 0 radical (unpaired) electrons. The molecule has 0 unspecified atom stereocenters. The molecule has 2 heterocycles. The Morgan fingerprint density at radius 2 is 1.86 bits per heavy atom. The second kappa shape index (κ2) is 9.43. The van der Waals surface area contributed by atoms with Gasteiger partial charge in [0.1, 0.15) is 18.2 Å². The molecule has 0 bridgehead atoms. The molecule has 35 heavy (non-hydrogen) atoms. The molecule has 182 valence electrons. The van der Waals surface area contributed by atoms with Crippen LogP contribution in [0, 0.1) is 25.5 Å². The summed E-state index contributed by atoms with van der Waals surface area (Å²) in [5.41, 5.74) is 1.87. The van der Waals surface area contributed by atoms with Gasteiger partial charge in [0.25, 0.3) is 10.1 Å². The van der Waals surface area contributed by atoms with E-state index in [-0.39, 0.29) is 35.0 Å². The van der Waals surface area contributed by atoms with Crippen molar-refractivity contribution in [2.75, 3.05) is 11.6 Å². The van der Waals surface area contributed by atoms with E-state index in [1.165, 1.54) is 53.2 Å². The monoisotopic (exact) mass is 501 g/mol. The van der Waals surface area contributed by atoms with Gasteiger partial charge in [0.15, 0.2) is 11.6 Å². The van der Waals surface area contributed by atoms with E-state index in [9.17, 15) is 17.6 Å². The molecule has 1 N–H and O–H groups in total. The quantitative estimate of drug-likeness (QED) is 0.361. The van der Waals surface area contributed by atoms with E-state index in [0.717, 1.165) is 6.26 Å². The van der Waals surface area contributed by atoms with Gasteiger partial charge in [-0.05, 0) is 61.9 Å². The van der Waals surface area contributed by atoms with Crippen LogP contribution in [0.1, 0.15) is 17.0 Å². The predicted molar refractivity (Wildman–Crippen MR) is 126 cm³/mol. The van der Waals surface area contributed by atoms with Crippen molar-refractivity contribution in [1.29, 1.82) is 0 Å². The minimum Gasteiger partial charge on any atom is -0.454 e. The summed E-state index contributed by atoms with van der Waals surface area (Å²) in [6.07, 6.45) is 2.31. The molecule has 0 spiro atoms. The van der Waals surface area contributed by atoms with E-state index < -0.39 is 22.0 Å². The maximum absolute atomic E-state index is 15.3. The molecule has 1 amide bonds. The summed E-state index contributed by atoms with van der Waals surface area (Å²) in [7, 11) is -3.65. The molecule has 4 rings (SSSR count). The number of rotatable bonds is 6. The van der Waals surface area contributed by atoms with E-state index in [4.69, 9.17) is 8.92 Å². The molecular formula is C24H21F2N3O5S. The van der Waals surface area contributed by atoms with Crippen molar-refractivity contribution in [2.24, 2.45) is 0 Å². The van der Waals surface area contributed by atoms with Gasteiger partial charge in [0.2, 0.25) is 0 Å². The van der Waals surface area contributed by atoms with Crippen molar-refractivity contribution in [3.8, 4) is 11.5 Å². The number of benzene rings is 2. The van der Waals surface area contributed by atoms with Gasteiger partial charge in [-0.2, -0.15) is 8.42 Å². The number of halogens is 2. The van der Waals surface area contributed by atoms with Crippen molar-refractivity contribution in [1.82, 2.24) is 9.55 Å². The number of amides is 1. The molecule has 4 aromatic rings. The standard InChI is InChI=1S/C24H21F2N3O5S/c1-14-10-16(4-5-20(14)25)28-24(30)29-15(2)11-19-21(29)6-7-22(23(19)26)34-18-8-9-27-17(12-18)13-33-35(3,31)32/h4-12H,13H2,1-3H3,(H,28,30). The smallest absolute Gasteiger partial charge is 0.330 e. The lowest BCUT2D eigenvalue weighted by Gasteiger charge is -2.11. The van der Waals surface area contributed by atoms with Crippen LogP contribution in [-0.4, -0.2) is 30.3 Å². The van der Waals surface area contributed by atoms with Gasteiger partial charge < -0.3 is 10.1 Å². The predicted octanol–water partition coefficient (Wildman–Crippen LogP) is 5.28. The van der Waals surface area contributed by atoms with E-state index in [2.05, 4.69) is 10.3 Å². The second-order valence-corrected chi connectivity index (χ2v) is 9.52. The maximum Gasteiger partial charge on any atom is 0.330 e. The van der Waals surface area contributed by atoms with Crippen LogP contribution in [0.15, 0.2) is 54.7 Å². The van der Waals surface area contributed by atoms with Gasteiger partial charge in [-0.25, -0.2) is 13.6 Å². The van der Waals surface area contributed by atoms with Crippen molar-refractivity contribution in [2.45, 2.75) is 20.5 Å². The largest absolute Gasteiger partial charge is 0.454 e. The Hall–Kier alpha value is -3.83. The third kappa shape index (κ3) is 5.47. The fourth-order valence-electron chi connectivity index (χ4n) is 3.50. The second-order valence-electron chi connectivity index (χ2n) is 7.88. The van der Waals surface area contributed by atoms with Crippen LogP contribution in [-0.2, 0) is 20.9 Å². The Kier molecular flexibility index (Phi) is 6.55. The number of hydrogen-bond acceptors (Lipinski definition) is 6. The summed E-state index contributed by atoms with van der Waals surface area (Å²) in [5.74, 6) is -0.929. The first kappa shape index (κ1) is 24.3. The Morgan fingerprint density at radius 3 is 2.57 bits per heavy atom. The highest BCUT2D eigenvalue weighted by Gasteiger charge is 2.19. The van der Waals surface area contributed by atoms with Crippen molar-refractivity contribution in [3.05, 3.63) is 83.3 Å². The van der Waals surface area contributed by atoms with Crippen LogP contribution in [0.3, 0.4) is 0 Å². The Balaban J connectivity index is 1.60. The molecule has 0 atom stereocenters. The minimum atomic E-state index is -3.65. The molecule has 2 aromatic heterocycles. The number of aromatic nitrogens is 2. The Bertz CT molecular complexity index is 1550. The van der Waals surface area contributed by atoms with Crippen molar-refractivity contribution in [3.63, 3.8) is 0 Å². The zero-order chi connectivity index (χ0) is 25.3. The van der Waals surface area contributed by atoms with Crippen molar-refractivity contribution >= 4 is 32.7 Å². The molecule has 0 aliphatic carbocycles. The maximum atomic E-state index is 15.3. The lowest BCUT2D eigenvalue weighted by molar-refractivity contribution is 0.254. The number of anilines is 1. The molecule has 0 saturated carbocycles. The van der Waals surface area contributed by atoms with Crippen LogP contribution in [0.2, 0.25) is 0 Å². The Morgan fingerprint density at radius 1 is 1.09 bits per heavy atom. The summed E-state index contributed by atoms with van der Waals surface area (Å²) < 4.78 is 62.9. The first-order chi connectivity index (χ1) is 16.5. The number of aryl methyl sites for hydroxylation is 2. The molecule has 8 nitrogen and oxygen atoms in total. The topological polar surface area (TPSA) is 99.5 Å². The van der Waals surface area contributed by atoms with Crippen molar-refractivity contribution < 1.29 is 30.9 Å². The summed E-state index contributed by atoms with van der Waals surface area (Å²) >= 11 is 0. The highest BCUT2D eigenvalue weighted by Crippen LogP contribution is 2.32. The van der Waals surface area contributed by atoms with Crippen LogP contribution < -0.4 is 10.1 Å². The van der Waals surface area contributed by atoms with Gasteiger partial charge in [-0.15, -0.1) is 0 Å². The summed E-state index contributed by atoms with van der Waals surface area (Å²) in [6, 6.07) is 11.0. The third-order valence-electron chi connectivity index (χ3n) is 5.12. The van der Waals surface area contributed by atoms with Gasteiger partial charge in [0.05, 0.1) is 17.5 Å². The number of ether oxygens (including phenoxy) is 1. The number of fused-ring (bicyclic) bond motifs is 1. The third-order valence-corrected chi connectivity index (χ3v) is 5.66. The zero-order valence-corrected chi connectivity index (χ0v) is 19.8. The fourth-order valence-corrected chi connectivity index (χ4v) is 3.84. The number of pyridine rings is 1. The van der Waals surface area contributed by atoms with Crippen LogP contribution in [0.25, 0.3) is 10.9 Å². The van der Waals surface area contributed by atoms with E-state index in [1.54, 1.807) is 19.9 Å². The summed E-state index contributed by atoms with van der Waals surface area (Å²) in [4.78, 5) is 16.9. The van der Waals surface area contributed by atoms with Crippen LogP contribution >= 0.6 is 0 Å². The molecule has 0 saturated heterocycles. The van der Waals surface area contributed by atoms with E-state index in [1.807, 2.05) is 0 Å². The van der Waals surface area contributed by atoms with Gasteiger partial charge in [-0.3, -0.25) is 13.7 Å². The summed E-state index contributed by atoms with van der Waals surface area (Å²) in [5, 5.41) is 2.86. The normalized spacial score (nSPS) is 11.6. The lowest BCUT2D eigenvalue weighted by Crippen LogP contribution is -2.20. The molecule has 2 aromatic carbocycles. The molecule has 0 fully saturated rings. The average Bonchev–Trinajstić information content (AvgIpc) is 3.13. The number of carbonyl (C=O) groups is 1. The lowest BCUT2D eigenvalue weighted by atomic mass is 10.2. The molecular weight excluding hydrogens is 480 g/mol. The van der Waals surface area contributed by atoms with E-state index in [0.29, 0.717) is 22.5 Å². The summed E-state index contributed by atoms with van der Waals surface area (Å²) in [6.45, 7) is 2.96. The number of carbonyl (C=O) groups excluding carboxylic acids is 1. The van der Waals surface area contributed by atoms with Crippen LogP contribution in [0.4, 0.5) is 19.3 Å². The number of nitrogens with one attached hydrogen (secondary N) is 1. The average molecular weight is 502 g/mol. The highest BCUT2D eigenvalue weighted by molar-refractivity contribution is 7.85. The Labute approximate surface area is 200 Å². The molecule has 11 heteroatoms. The minimum absolute atomic E-state index is 0.0922. The number of nitrogens with zero attached hydrogens (tertiary/aromatic N) is 2. The highest BCUT2D eigenvalue weighted by atomic mass is 32.2. The van der Waals surface area contributed by atoms with Crippen LogP contribution in [0.5, 0.6) is 11.5 Å². The molecule has 0 aliphatic heterocycles. The first-order valence-corrected chi connectivity index (χ1v) is 12.2. The fraction of sp³-hybridized carbons (Fsp3) is 0.167. The van der Waals surface area contributed by atoms with Gasteiger partial charge in [-0.1, -0.05) is 0 Å². The SMILES string of the molecule is Cc1cc(NC(=O)n2c(C)cc3c(F)c(Oc4ccnc(COS(C)(=O)=O)c4)ccc32)ccc1F. The zero-order valence-electron chi connectivity index (χ0n) is 19.0. The first-order valence-electron chi connectivity index (χ1n) is 10.4. The van der Waals surface area contributed by atoms with Gasteiger partial charge in [0, 0.05) is 29.0 Å². The van der Waals surface area contributed by atoms with E-state index >= 15 is 4.39 Å².